The SMILES string of the molecule is CN1CC[C@H](N2CCC(NC(=O)c3cn(C)nc3C3CC3)CC2)C1=O. The minimum absolute atomic E-state index is 0.00475. The number of amides is 2. The number of hydrogen-bond donors (Lipinski definition) is 1. The monoisotopic (exact) mass is 345 g/mol. The van der Waals surface area contributed by atoms with Crippen LogP contribution in [0.5, 0.6) is 0 Å². The van der Waals surface area contributed by atoms with Crippen molar-refractivity contribution in [2.45, 2.75) is 50.1 Å². The number of nitrogens with one attached hydrogen (secondary N) is 1. The molecular formula is C18H27N5O2. The normalized spacial score (nSPS) is 25.6. The predicted octanol–water partition coefficient (Wildman–Crippen LogP) is 0.722. The lowest BCUT2D eigenvalue weighted by atomic mass is 10.0. The molecule has 0 aromatic carbocycles. The molecule has 7 nitrogen and oxygen atoms in total. The van der Waals surface area contributed by atoms with Gasteiger partial charge >= 0.3 is 0 Å². The van der Waals surface area contributed by atoms with Crippen molar-refractivity contribution in [3.05, 3.63) is 17.5 Å². The van der Waals surface area contributed by atoms with Crippen LogP contribution in [0.2, 0.25) is 0 Å². The zero-order valence-corrected chi connectivity index (χ0v) is 15.1. The number of nitrogens with zero attached hydrogens (tertiary/aromatic N) is 4. The number of aryl methyl sites for hydroxylation is 1. The van der Waals surface area contributed by atoms with Crippen LogP contribution in [0.25, 0.3) is 0 Å². The second kappa shape index (κ2) is 6.44. The number of likely N-dealkylation sites (N-methyl/N-ethyl adjacent to an activating group) is 1. The van der Waals surface area contributed by atoms with E-state index < -0.39 is 0 Å². The van der Waals surface area contributed by atoms with E-state index in [1.54, 1.807) is 4.68 Å². The van der Waals surface area contributed by atoms with Gasteiger partial charge in [0, 0.05) is 51.9 Å². The first-order valence-electron chi connectivity index (χ1n) is 9.36. The molecule has 0 unspecified atom stereocenters. The number of piperidine rings is 1. The first-order chi connectivity index (χ1) is 12.0. The van der Waals surface area contributed by atoms with Crippen LogP contribution in [0.1, 0.15) is 54.1 Å². The first kappa shape index (κ1) is 16.6. The fourth-order valence-electron chi connectivity index (χ4n) is 4.10. The summed E-state index contributed by atoms with van der Waals surface area (Å²) in [4.78, 5) is 28.9. The first-order valence-corrected chi connectivity index (χ1v) is 9.36. The van der Waals surface area contributed by atoms with Gasteiger partial charge in [-0.3, -0.25) is 19.2 Å². The maximum absolute atomic E-state index is 12.7. The highest BCUT2D eigenvalue weighted by atomic mass is 16.2. The molecule has 2 amide bonds. The summed E-state index contributed by atoms with van der Waals surface area (Å²) in [6.07, 6.45) is 6.84. The summed E-state index contributed by atoms with van der Waals surface area (Å²) >= 11 is 0. The molecule has 2 saturated heterocycles. The molecule has 1 atom stereocenters. The number of likely N-dealkylation sites (tertiary alicyclic amines) is 2. The highest BCUT2D eigenvalue weighted by Crippen LogP contribution is 2.40. The molecule has 3 heterocycles. The molecule has 1 aromatic rings. The Labute approximate surface area is 148 Å². The summed E-state index contributed by atoms with van der Waals surface area (Å²) in [5.74, 6) is 0.714. The molecule has 3 aliphatic rings. The largest absolute Gasteiger partial charge is 0.349 e. The van der Waals surface area contributed by atoms with E-state index in [9.17, 15) is 9.59 Å². The summed E-state index contributed by atoms with van der Waals surface area (Å²) in [5, 5.41) is 7.66. The van der Waals surface area contributed by atoms with Gasteiger partial charge in [0.25, 0.3) is 5.91 Å². The molecule has 0 bridgehead atoms. The van der Waals surface area contributed by atoms with Crippen LogP contribution in [0, 0.1) is 0 Å². The van der Waals surface area contributed by atoms with Crippen LogP contribution in [-0.2, 0) is 11.8 Å². The van der Waals surface area contributed by atoms with E-state index in [0.717, 1.165) is 63.0 Å². The highest BCUT2D eigenvalue weighted by Gasteiger charge is 2.36. The van der Waals surface area contributed by atoms with E-state index in [0.29, 0.717) is 5.92 Å². The lowest BCUT2D eigenvalue weighted by Gasteiger charge is -2.35. The van der Waals surface area contributed by atoms with Gasteiger partial charge in [0.05, 0.1) is 17.3 Å². The average Bonchev–Trinajstić information content (AvgIpc) is 3.29. The van der Waals surface area contributed by atoms with Gasteiger partial charge in [0.1, 0.15) is 0 Å². The van der Waals surface area contributed by atoms with Crippen LogP contribution >= 0.6 is 0 Å². The Kier molecular flexibility index (Phi) is 4.27. The molecule has 3 fully saturated rings. The summed E-state index contributed by atoms with van der Waals surface area (Å²) in [7, 11) is 3.75. The van der Waals surface area contributed by atoms with Crippen molar-refractivity contribution in [1.29, 1.82) is 0 Å². The third kappa shape index (κ3) is 3.29. The quantitative estimate of drug-likeness (QED) is 0.873. The Morgan fingerprint density at radius 3 is 2.44 bits per heavy atom. The topological polar surface area (TPSA) is 70.5 Å². The van der Waals surface area contributed by atoms with E-state index in [4.69, 9.17) is 0 Å². The minimum atomic E-state index is 0.00475. The molecule has 136 valence electrons. The van der Waals surface area contributed by atoms with Gasteiger partial charge in [-0.15, -0.1) is 0 Å². The fraction of sp³-hybridized carbons (Fsp3) is 0.722. The van der Waals surface area contributed by atoms with Gasteiger partial charge in [-0.1, -0.05) is 0 Å². The number of aromatic nitrogens is 2. The van der Waals surface area contributed by atoms with Crippen molar-refractivity contribution >= 4 is 11.8 Å². The highest BCUT2D eigenvalue weighted by molar-refractivity contribution is 5.95. The number of carbonyl (C=O) groups is 2. The third-order valence-corrected chi connectivity index (χ3v) is 5.77. The Hall–Kier alpha value is -1.89. The van der Waals surface area contributed by atoms with E-state index in [2.05, 4.69) is 15.3 Å². The van der Waals surface area contributed by atoms with Crippen LogP contribution in [-0.4, -0.2) is 70.2 Å². The number of carbonyl (C=O) groups excluding carboxylic acids is 2. The van der Waals surface area contributed by atoms with E-state index in [1.807, 2.05) is 25.2 Å². The Balaban J connectivity index is 1.33. The van der Waals surface area contributed by atoms with Gasteiger partial charge in [-0.2, -0.15) is 5.10 Å². The molecule has 1 aromatic heterocycles. The average molecular weight is 345 g/mol. The minimum Gasteiger partial charge on any atom is -0.349 e. The zero-order chi connectivity index (χ0) is 17.6. The maximum atomic E-state index is 12.7. The standard InChI is InChI=1S/C18H27N5O2/c1-21-8-7-15(18(21)25)23-9-5-13(6-10-23)19-17(24)14-11-22(2)20-16(14)12-3-4-12/h11-13,15H,3-10H2,1-2H3,(H,19,24)/t15-/m0/s1. The fourth-order valence-corrected chi connectivity index (χ4v) is 4.10. The number of rotatable bonds is 4. The molecule has 7 heteroatoms. The molecule has 4 rings (SSSR count). The smallest absolute Gasteiger partial charge is 0.254 e. The molecule has 0 radical (unpaired) electrons. The summed E-state index contributed by atoms with van der Waals surface area (Å²) in [6.45, 7) is 2.60. The van der Waals surface area contributed by atoms with Crippen LogP contribution < -0.4 is 5.32 Å². The lowest BCUT2D eigenvalue weighted by Crippen LogP contribution is -2.50. The zero-order valence-electron chi connectivity index (χ0n) is 15.1. The van der Waals surface area contributed by atoms with Crippen molar-refractivity contribution < 1.29 is 9.59 Å². The van der Waals surface area contributed by atoms with E-state index in [1.165, 1.54) is 0 Å². The second-order valence-corrected chi connectivity index (χ2v) is 7.72. The van der Waals surface area contributed by atoms with E-state index in [-0.39, 0.29) is 23.9 Å². The summed E-state index contributed by atoms with van der Waals surface area (Å²) < 4.78 is 1.74. The van der Waals surface area contributed by atoms with Gasteiger partial charge < -0.3 is 10.2 Å². The van der Waals surface area contributed by atoms with Crippen molar-refractivity contribution in [1.82, 2.24) is 24.9 Å². The van der Waals surface area contributed by atoms with Crippen molar-refractivity contribution in [2.24, 2.45) is 7.05 Å². The van der Waals surface area contributed by atoms with Gasteiger partial charge in [-0.05, 0) is 32.1 Å². The third-order valence-electron chi connectivity index (χ3n) is 5.77. The van der Waals surface area contributed by atoms with Crippen molar-refractivity contribution in [2.75, 3.05) is 26.7 Å². The van der Waals surface area contributed by atoms with Crippen LogP contribution in [0.15, 0.2) is 6.20 Å². The Morgan fingerprint density at radius 2 is 1.84 bits per heavy atom. The molecule has 25 heavy (non-hydrogen) atoms. The van der Waals surface area contributed by atoms with Gasteiger partial charge in [-0.25, -0.2) is 0 Å². The Morgan fingerprint density at radius 1 is 1.12 bits per heavy atom. The van der Waals surface area contributed by atoms with Crippen LogP contribution in [0.4, 0.5) is 0 Å². The molecule has 0 spiro atoms. The summed E-state index contributed by atoms with van der Waals surface area (Å²) in [5.41, 5.74) is 1.69. The second-order valence-electron chi connectivity index (χ2n) is 7.72. The molecular weight excluding hydrogens is 318 g/mol. The lowest BCUT2D eigenvalue weighted by molar-refractivity contribution is -0.131. The molecule has 1 N–H and O–H groups in total. The maximum Gasteiger partial charge on any atom is 0.254 e. The van der Waals surface area contributed by atoms with Gasteiger partial charge in [0.15, 0.2) is 0 Å². The van der Waals surface area contributed by atoms with E-state index >= 15 is 0 Å². The molecule has 2 aliphatic heterocycles. The molecule has 1 aliphatic carbocycles. The van der Waals surface area contributed by atoms with Crippen molar-refractivity contribution in [3.8, 4) is 0 Å². The Bertz CT molecular complexity index is 673. The summed E-state index contributed by atoms with van der Waals surface area (Å²) in [6, 6.07) is 0.228. The predicted molar refractivity (Wildman–Crippen MR) is 93.3 cm³/mol. The number of hydrogen-bond acceptors (Lipinski definition) is 4. The van der Waals surface area contributed by atoms with Gasteiger partial charge in [0.2, 0.25) is 5.91 Å². The van der Waals surface area contributed by atoms with Crippen LogP contribution in [0.3, 0.4) is 0 Å². The van der Waals surface area contributed by atoms with Crippen molar-refractivity contribution in [3.63, 3.8) is 0 Å². The molecule has 1 saturated carbocycles.